The van der Waals surface area contributed by atoms with Crippen molar-refractivity contribution in [2.45, 2.75) is 20.3 Å². The molecular formula is C25H21Cl2NO7. The monoisotopic (exact) mass is 517 g/mol. The van der Waals surface area contributed by atoms with Gasteiger partial charge in [-0.15, -0.1) is 0 Å². The van der Waals surface area contributed by atoms with Gasteiger partial charge in [0, 0.05) is 35.1 Å². The van der Waals surface area contributed by atoms with Crippen LogP contribution in [0, 0.1) is 0 Å². The van der Waals surface area contributed by atoms with Crippen molar-refractivity contribution in [1.82, 2.24) is 0 Å². The van der Waals surface area contributed by atoms with Crippen LogP contribution in [0.15, 0.2) is 59.1 Å². The Hall–Kier alpha value is -3.62. The largest absolute Gasteiger partial charge is 0.489 e. The van der Waals surface area contributed by atoms with Gasteiger partial charge >= 0.3 is 5.97 Å². The van der Waals surface area contributed by atoms with Crippen molar-refractivity contribution in [3.8, 4) is 5.75 Å². The molecule has 0 radical (unpaired) electrons. The van der Waals surface area contributed by atoms with E-state index in [1.807, 2.05) is 0 Å². The van der Waals surface area contributed by atoms with Crippen LogP contribution in [0.2, 0.25) is 10.0 Å². The summed E-state index contributed by atoms with van der Waals surface area (Å²) >= 11 is 12.1. The SMILES string of the molecule is COC1=C(OC)C(=O)C(Cc2cccc(C(=O)Nc3ccc(Cl)cc3Cl)c2OC(C)=O)=C(C)C1=O. The van der Waals surface area contributed by atoms with Crippen molar-refractivity contribution < 1.29 is 33.4 Å². The zero-order valence-corrected chi connectivity index (χ0v) is 20.8. The first-order valence-corrected chi connectivity index (χ1v) is 11.0. The Balaban J connectivity index is 2.04. The standard InChI is InChI=1S/C25H21Cl2NO7/c1-12-17(21(31)24(34-4)23(33-3)20(12)30)10-14-6-5-7-16(22(14)35-13(2)29)25(32)28-19-9-8-15(26)11-18(19)27/h5-9,11H,10H2,1-4H3,(H,28,32). The highest BCUT2D eigenvalue weighted by molar-refractivity contribution is 6.36. The molecule has 35 heavy (non-hydrogen) atoms. The molecule has 0 unspecified atom stereocenters. The molecule has 0 saturated carbocycles. The summed E-state index contributed by atoms with van der Waals surface area (Å²) in [4.78, 5) is 50.7. The Morgan fingerprint density at radius 1 is 0.971 bits per heavy atom. The van der Waals surface area contributed by atoms with Gasteiger partial charge in [0.15, 0.2) is 0 Å². The van der Waals surface area contributed by atoms with Crippen LogP contribution in [0.25, 0.3) is 0 Å². The molecule has 0 atom stereocenters. The molecule has 1 amide bonds. The van der Waals surface area contributed by atoms with Gasteiger partial charge in [-0.2, -0.15) is 0 Å². The Bertz CT molecular complexity index is 1310. The summed E-state index contributed by atoms with van der Waals surface area (Å²) in [5.41, 5.74) is 0.941. The Morgan fingerprint density at radius 2 is 1.63 bits per heavy atom. The number of ketones is 2. The topological polar surface area (TPSA) is 108 Å². The second-order valence-corrected chi connectivity index (χ2v) is 8.31. The molecule has 10 heteroatoms. The summed E-state index contributed by atoms with van der Waals surface area (Å²) in [6.07, 6.45) is -0.105. The van der Waals surface area contributed by atoms with E-state index in [1.165, 1.54) is 46.3 Å². The van der Waals surface area contributed by atoms with E-state index < -0.39 is 23.4 Å². The Morgan fingerprint density at radius 3 is 2.23 bits per heavy atom. The molecule has 0 heterocycles. The Labute approximate surface area is 211 Å². The zero-order chi connectivity index (χ0) is 25.9. The molecule has 1 aliphatic carbocycles. The number of anilines is 1. The van der Waals surface area contributed by atoms with Gasteiger partial charge in [-0.1, -0.05) is 35.3 Å². The quantitative estimate of drug-likeness (QED) is 0.322. The summed E-state index contributed by atoms with van der Waals surface area (Å²) in [6, 6.07) is 9.18. The van der Waals surface area contributed by atoms with Gasteiger partial charge in [0.1, 0.15) is 5.75 Å². The summed E-state index contributed by atoms with van der Waals surface area (Å²) < 4.78 is 15.5. The van der Waals surface area contributed by atoms with Gasteiger partial charge in [0.25, 0.3) is 5.91 Å². The van der Waals surface area contributed by atoms with Crippen LogP contribution >= 0.6 is 23.2 Å². The minimum absolute atomic E-state index is 0.0247. The lowest BCUT2D eigenvalue weighted by Crippen LogP contribution is -2.26. The number of carbonyl (C=O) groups excluding carboxylic acids is 4. The Kier molecular flexibility index (Phi) is 7.99. The van der Waals surface area contributed by atoms with E-state index in [4.69, 9.17) is 37.4 Å². The van der Waals surface area contributed by atoms with E-state index in [-0.39, 0.29) is 45.4 Å². The first-order chi connectivity index (χ1) is 16.6. The fourth-order valence-electron chi connectivity index (χ4n) is 3.54. The molecule has 0 saturated heterocycles. The van der Waals surface area contributed by atoms with E-state index in [0.717, 1.165) is 0 Å². The number of nitrogens with one attached hydrogen (secondary N) is 1. The number of benzene rings is 2. The molecule has 8 nitrogen and oxygen atoms in total. The molecule has 2 aromatic carbocycles. The third-order valence-electron chi connectivity index (χ3n) is 5.23. The van der Waals surface area contributed by atoms with Crippen molar-refractivity contribution in [3.63, 3.8) is 0 Å². The first-order valence-electron chi connectivity index (χ1n) is 10.3. The van der Waals surface area contributed by atoms with Crippen LogP contribution in [0.3, 0.4) is 0 Å². The third kappa shape index (κ3) is 5.39. The second-order valence-electron chi connectivity index (χ2n) is 7.47. The molecule has 0 aliphatic heterocycles. The molecule has 3 rings (SSSR count). The lowest BCUT2D eigenvalue weighted by Gasteiger charge is -2.21. The lowest BCUT2D eigenvalue weighted by molar-refractivity contribution is -0.132. The summed E-state index contributed by atoms with van der Waals surface area (Å²) in [6.45, 7) is 2.68. The minimum Gasteiger partial charge on any atom is -0.489 e. The number of rotatable bonds is 7. The maximum absolute atomic E-state index is 13.1. The smallest absolute Gasteiger partial charge is 0.308 e. The van der Waals surface area contributed by atoms with Crippen LogP contribution in [-0.4, -0.2) is 37.7 Å². The van der Waals surface area contributed by atoms with Gasteiger partial charge in [-0.25, -0.2) is 0 Å². The molecular weight excluding hydrogens is 497 g/mol. The maximum Gasteiger partial charge on any atom is 0.308 e. The lowest BCUT2D eigenvalue weighted by atomic mass is 9.88. The predicted octanol–water partition coefficient (Wildman–Crippen LogP) is 4.69. The first kappa shape index (κ1) is 26.0. The number of Topliss-reactive ketones (excluding diaryl/α,β-unsaturated/α-hetero) is 2. The number of ether oxygens (including phenoxy) is 3. The van der Waals surface area contributed by atoms with Crippen molar-refractivity contribution >= 4 is 52.3 Å². The fourth-order valence-corrected chi connectivity index (χ4v) is 4.00. The van der Waals surface area contributed by atoms with Crippen LogP contribution in [0.5, 0.6) is 5.75 Å². The molecule has 1 N–H and O–H groups in total. The number of esters is 1. The maximum atomic E-state index is 13.1. The van der Waals surface area contributed by atoms with E-state index in [1.54, 1.807) is 18.2 Å². The van der Waals surface area contributed by atoms with E-state index >= 15 is 0 Å². The average Bonchev–Trinajstić information content (AvgIpc) is 2.81. The molecule has 0 fully saturated rings. The fraction of sp³-hybridized carbons (Fsp3) is 0.200. The highest BCUT2D eigenvalue weighted by Gasteiger charge is 2.35. The number of carbonyl (C=O) groups is 4. The number of methoxy groups -OCH3 is 2. The second kappa shape index (κ2) is 10.8. The summed E-state index contributed by atoms with van der Waals surface area (Å²) in [5, 5.41) is 3.27. The summed E-state index contributed by atoms with van der Waals surface area (Å²) in [5.74, 6) is -2.79. The molecule has 0 aromatic heterocycles. The number of halogens is 2. The van der Waals surface area contributed by atoms with Crippen molar-refractivity contribution in [2.24, 2.45) is 0 Å². The number of amides is 1. The molecule has 2 aromatic rings. The summed E-state index contributed by atoms with van der Waals surface area (Å²) in [7, 11) is 2.53. The van der Waals surface area contributed by atoms with Crippen molar-refractivity contribution in [2.75, 3.05) is 19.5 Å². The van der Waals surface area contributed by atoms with Gasteiger partial charge in [0.2, 0.25) is 23.1 Å². The highest BCUT2D eigenvalue weighted by Crippen LogP contribution is 2.33. The van der Waals surface area contributed by atoms with E-state index in [9.17, 15) is 19.2 Å². The zero-order valence-electron chi connectivity index (χ0n) is 19.3. The van der Waals surface area contributed by atoms with Gasteiger partial charge < -0.3 is 19.5 Å². The van der Waals surface area contributed by atoms with Gasteiger partial charge in [-0.3, -0.25) is 19.2 Å². The van der Waals surface area contributed by atoms with Crippen LogP contribution in [0.1, 0.15) is 29.8 Å². The molecule has 1 aliphatic rings. The van der Waals surface area contributed by atoms with E-state index in [0.29, 0.717) is 16.3 Å². The number of hydrogen-bond acceptors (Lipinski definition) is 7. The number of para-hydroxylation sites is 1. The predicted molar refractivity (Wildman–Crippen MR) is 130 cm³/mol. The van der Waals surface area contributed by atoms with Crippen LogP contribution in [0.4, 0.5) is 5.69 Å². The number of hydrogen-bond donors (Lipinski definition) is 1. The normalized spacial score (nSPS) is 13.7. The highest BCUT2D eigenvalue weighted by atomic mass is 35.5. The van der Waals surface area contributed by atoms with Gasteiger partial charge in [-0.05, 0) is 31.2 Å². The average molecular weight is 518 g/mol. The van der Waals surface area contributed by atoms with Crippen LogP contribution in [-0.2, 0) is 30.3 Å². The van der Waals surface area contributed by atoms with E-state index in [2.05, 4.69) is 5.32 Å². The molecule has 182 valence electrons. The van der Waals surface area contributed by atoms with Crippen molar-refractivity contribution in [1.29, 1.82) is 0 Å². The minimum atomic E-state index is -0.674. The molecule has 0 bridgehead atoms. The van der Waals surface area contributed by atoms with Crippen LogP contribution < -0.4 is 10.1 Å². The molecule has 0 spiro atoms. The number of allylic oxidation sites excluding steroid dienone is 2. The third-order valence-corrected chi connectivity index (χ3v) is 5.78. The van der Waals surface area contributed by atoms with Gasteiger partial charge in [0.05, 0.1) is 30.5 Å². The van der Waals surface area contributed by atoms with Crippen molar-refractivity contribution in [3.05, 3.63) is 80.2 Å².